The SMILES string of the molecule is COc1ccc(C2CCC(C(NC(=O)C3CCC(OC(=O)N4CC(O)C4)CC3)c3cc(-c4cc(C5CC5)no4)ccn3)CC2)cc1C. The number of likely N-dealkylation sites (tertiary alicyclic amines) is 1. The molecule has 4 aliphatic rings. The number of carbonyl (C=O) groups excluding carboxylic acids is 2. The molecule has 0 bridgehead atoms. The van der Waals surface area contributed by atoms with Gasteiger partial charge in [-0.25, -0.2) is 4.79 Å². The number of methoxy groups -OCH3 is 1. The summed E-state index contributed by atoms with van der Waals surface area (Å²) >= 11 is 0. The van der Waals surface area contributed by atoms with Crippen molar-refractivity contribution in [1.82, 2.24) is 20.4 Å². The molecule has 0 spiro atoms. The van der Waals surface area contributed by atoms with Crippen molar-refractivity contribution in [2.75, 3.05) is 20.2 Å². The molecule has 1 saturated heterocycles. The van der Waals surface area contributed by atoms with Gasteiger partial charge in [0.05, 0.1) is 43.7 Å². The Kier molecular flexibility index (Phi) is 9.21. The van der Waals surface area contributed by atoms with Gasteiger partial charge >= 0.3 is 6.09 Å². The summed E-state index contributed by atoms with van der Waals surface area (Å²) in [6.07, 6.45) is 9.79. The van der Waals surface area contributed by atoms with Gasteiger partial charge in [0.25, 0.3) is 0 Å². The monoisotopic (exact) mass is 642 g/mol. The van der Waals surface area contributed by atoms with Crippen LogP contribution in [0, 0.1) is 18.8 Å². The number of hydrogen-bond acceptors (Lipinski definition) is 8. The zero-order valence-electron chi connectivity index (χ0n) is 27.4. The minimum absolute atomic E-state index is 0.0430. The highest BCUT2D eigenvalue weighted by Crippen LogP contribution is 2.43. The molecule has 3 saturated carbocycles. The second-order valence-corrected chi connectivity index (χ2v) is 14.1. The van der Waals surface area contributed by atoms with Crippen molar-refractivity contribution in [3.8, 4) is 17.1 Å². The molecule has 2 N–H and O–H groups in total. The summed E-state index contributed by atoms with van der Waals surface area (Å²) in [5.41, 5.74) is 5.29. The number of pyridine rings is 1. The number of nitrogens with one attached hydrogen (secondary N) is 1. The second kappa shape index (κ2) is 13.7. The van der Waals surface area contributed by atoms with E-state index in [-0.39, 0.29) is 36.0 Å². The third-order valence-electron chi connectivity index (χ3n) is 10.8. The molecule has 0 radical (unpaired) electrons. The van der Waals surface area contributed by atoms with Crippen LogP contribution in [0.2, 0.25) is 0 Å². The molecule has 47 heavy (non-hydrogen) atoms. The van der Waals surface area contributed by atoms with Crippen LogP contribution < -0.4 is 10.1 Å². The predicted molar refractivity (Wildman–Crippen MR) is 175 cm³/mol. The van der Waals surface area contributed by atoms with E-state index in [1.807, 2.05) is 18.3 Å². The van der Waals surface area contributed by atoms with Gasteiger partial charge in [-0.2, -0.15) is 0 Å². The second-order valence-electron chi connectivity index (χ2n) is 14.1. The van der Waals surface area contributed by atoms with Gasteiger partial charge < -0.3 is 29.3 Å². The Balaban J connectivity index is 1.04. The number of aryl methyl sites for hydroxylation is 1. The molecule has 3 aromatic rings. The molecule has 1 aromatic carbocycles. The van der Waals surface area contributed by atoms with Gasteiger partial charge in [0.1, 0.15) is 11.9 Å². The van der Waals surface area contributed by atoms with Gasteiger partial charge in [-0.05, 0) is 112 Å². The topological polar surface area (TPSA) is 127 Å². The fourth-order valence-corrected chi connectivity index (χ4v) is 7.68. The molecule has 10 heteroatoms. The third-order valence-corrected chi connectivity index (χ3v) is 10.8. The first-order chi connectivity index (χ1) is 22.8. The van der Waals surface area contributed by atoms with Crippen LogP contribution in [0.1, 0.15) is 105 Å². The normalized spacial score (nSPS) is 25.5. The van der Waals surface area contributed by atoms with Gasteiger partial charge in [0, 0.05) is 29.7 Å². The highest BCUT2D eigenvalue weighted by molar-refractivity contribution is 5.79. The lowest BCUT2D eigenvalue weighted by Gasteiger charge is -2.37. The molecule has 1 atom stereocenters. The first-order valence-electron chi connectivity index (χ1n) is 17.4. The molecule has 4 fully saturated rings. The fourth-order valence-electron chi connectivity index (χ4n) is 7.68. The highest BCUT2D eigenvalue weighted by atomic mass is 16.6. The number of hydrogen-bond donors (Lipinski definition) is 2. The summed E-state index contributed by atoms with van der Waals surface area (Å²) in [4.78, 5) is 32.5. The molecule has 3 aliphatic carbocycles. The molecule has 1 unspecified atom stereocenters. The first kappa shape index (κ1) is 31.7. The number of β-amino-alcohol motifs (C(OH)–C–C–N with tert-alkyl or cyclic N) is 1. The average molecular weight is 643 g/mol. The van der Waals surface area contributed by atoms with Gasteiger partial charge in [-0.1, -0.05) is 17.3 Å². The molecular weight excluding hydrogens is 596 g/mol. The van der Waals surface area contributed by atoms with Crippen LogP contribution in [0.15, 0.2) is 47.1 Å². The van der Waals surface area contributed by atoms with Crippen LogP contribution in [0.3, 0.4) is 0 Å². The summed E-state index contributed by atoms with van der Waals surface area (Å²) < 4.78 is 16.9. The van der Waals surface area contributed by atoms with Gasteiger partial charge in [0.2, 0.25) is 5.91 Å². The largest absolute Gasteiger partial charge is 0.496 e. The van der Waals surface area contributed by atoms with Gasteiger partial charge in [-0.15, -0.1) is 0 Å². The van der Waals surface area contributed by atoms with E-state index in [0.717, 1.165) is 72.5 Å². The lowest BCUT2D eigenvalue weighted by atomic mass is 9.74. The number of aromatic nitrogens is 2. The number of ether oxygens (including phenoxy) is 2. The van der Waals surface area contributed by atoms with Gasteiger partial charge in [-0.3, -0.25) is 9.78 Å². The first-order valence-corrected chi connectivity index (χ1v) is 17.4. The molecular formula is C37H46N4O6. The number of benzene rings is 1. The number of aliphatic hydroxyl groups excluding tert-OH is 1. The van der Waals surface area contributed by atoms with Crippen LogP contribution in [0.4, 0.5) is 4.79 Å². The van der Waals surface area contributed by atoms with Crippen molar-refractivity contribution in [3.05, 3.63) is 65.1 Å². The molecule has 3 heterocycles. The maximum absolute atomic E-state index is 13.9. The predicted octanol–water partition coefficient (Wildman–Crippen LogP) is 6.43. The lowest BCUT2D eigenvalue weighted by Crippen LogP contribution is -2.54. The Labute approximate surface area is 276 Å². The lowest BCUT2D eigenvalue weighted by molar-refractivity contribution is -0.128. The van der Waals surface area contributed by atoms with Crippen molar-refractivity contribution in [3.63, 3.8) is 0 Å². The number of carbonyl (C=O) groups is 2. The van der Waals surface area contributed by atoms with E-state index < -0.39 is 6.10 Å². The maximum Gasteiger partial charge on any atom is 0.410 e. The number of nitrogens with zero attached hydrogens (tertiary/aromatic N) is 3. The molecule has 7 rings (SSSR count). The summed E-state index contributed by atoms with van der Waals surface area (Å²) in [7, 11) is 1.71. The average Bonchev–Trinajstić information content (AvgIpc) is 3.81. The number of aliphatic hydroxyl groups is 1. The zero-order valence-corrected chi connectivity index (χ0v) is 27.4. The Bertz CT molecular complexity index is 1560. The van der Waals surface area contributed by atoms with E-state index in [0.29, 0.717) is 50.6 Å². The Morgan fingerprint density at radius 3 is 2.38 bits per heavy atom. The Morgan fingerprint density at radius 2 is 1.70 bits per heavy atom. The summed E-state index contributed by atoms with van der Waals surface area (Å²) in [6, 6.07) is 12.3. The van der Waals surface area contributed by atoms with Crippen molar-refractivity contribution in [2.24, 2.45) is 11.8 Å². The van der Waals surface area contributed by atoms with Gasteiger partial charge in [0.15, 0.2) is 5.76 Å². The van der Waals surface area contributed by atoms with Crippen molar-refractivity contribution >= 4 is 12.0 Å². The highest BCUT2D eigenvalue weighted by Gasteiger charge is 2.36. The number of rotatable bonds is 9. The van der Waals surface area contributed by atoms with E-state index >= 15 is 0 Å². The zero-order chi connectivity index (χ0) is 32.5. The van der Waals surface area contributed by atoms with E-state index in [1.54, 1.807) is 7.11 Å². The summed E-state index contributed by atoms with van der Waals surface area (Å²) in [5, 5.41) is 17.3. The minimum atomic E-state index is -0.456. The van der Waals surface area contributed by atoms with Crippen LogP contribution in [0.5, 0.6) is 5.75 Å². The van der Waals surface area contributed by atoms with Crippen LogP contribution in [0.25, 0.3) is 11.3 Å². The van der Waals surface area contributed by atoms with Crippen molar-refractivity contribution in [2.45, 2.75) is 101 Å². The van der Waals surface area contributed by atoms with E-state index in [9.17, 15) is 14.7 Å². The minimum Gasteiger partial charge on any atom is -0.496 e. The maximum atomic E-state index is 13.9. The van der Waals surface area contributed by atoms with Crippen LogP contribution >= 0.6 is 0 Å². The number of amides is 2. The quantitative estimate of drug-likeness (QED) is 0.273. The third kappa shape index (κ3) is 7.17. The standard InChI is InChI=1S/C37H46N4O6/c1-22-17-27(11-14-33(22)45-2)23-3-7-25(8-4-23)35(32-18-28(15-16-38-32)34-19-31(40-47-34)24-5-6-24)39-36(43)26-9-12-30(13-10-26)46-37(44)41-20-29(42)21-41/h11,14-19,23-26,29-30,35,42H,3-10,12-13,20-21H2,1-2H3,(H,39,43). The fraction of sp³-hybridized carbons (Fsp3) is 0.568. The molecule has 2 aromatic heterocycles. The Hall–Kier alpha value is -3.92. The summed E-state index contributed by atoms with van der Waals surface area (Å²) in [5.74, 6) is 2.78. The van der Waals surface area contributed by atoms with Crippen molar-refractivity contribution in [1.29, 1.82) is 0 Å². The van der Waals surface area contributed by atoms with Crippen LogP contribution in [-0.4, -0.2) is 64.6 Å². The summed E-state index contributed by atoms with van der Waals surface area (Å²) in [6.45, 7) is 2.75. The smallest absolute Gasteiger partial charge is 0.410 e. The Morgan fingerprint density at radius 1 is 0.957 bits per heavy atom. The molecule has 250 valence electrons. The van der Waals surface area contributed by atoms with E-state index in [2.05, 4.69) is 41.7 Å². The van der Waals surface area contributed by atoms with E-state index in [1.165, 1.54) is 10.5 Å². The van der Waals surface area contributed by atoms with E-state index in [4.69, 9.17) is 19.0 Å². The molecule has 10 nitrogen and oxygen atoms in total. The van der Waals surface area contributed by atoms with Crippen LogP contribution in [-0.2, 0) is 9.53 Å². The molecule has 1 aliphatic heterocycles. The van der Waals surface area contributed by atoms with Crippen molar-refractivity contribution < 1.29 is 28.7 Å². The molecule has 2 amide bonds.